The van der Waals surface area contributed by atoms with Gasteiger partial charge in [-0.2, -0.15) is 0 Å². The molecule has 0 aliphatic carbocycles. The van der Waals surface area contributed by atoms with Crippen molar-refractivity contribution in [2.45, 2.75) is 6.04 Å². The maximum atomic E-state index is 13.8. The van der Waals surface area contributed by atoms with Crippen molar-refractivity contribution < 1.29 is 0 Å². The van der Waals surface area contributed by atoms with Crippen molar-refractivity contribution in [2.24, 2.45) is 0 Å². The second-order valence-corrected chi connectivity index (χ2v) is 7.13. The predicted molar refractivity (Wildman–Crippen MR) is 117 cm³/mol. The first-order valence-electron chi connectivity index (χ1n) is 9.09. The van der Waals surface area contributed by atoms with Crippen molar-refractivity contribution in [3.05, 3.63) is 106 Å². The van der Waals surface area contributed by atoms with E-state index in [4.69, 9.17) is 12.2 Å². The van der Waals surface area contributed by atoms with Crippen molar-refractivity contribution >= 4 is 33.9 Å². The monoisotopic (exact) mass is 383 g/mol. The molecule has 1 aliphatic rings. The molecule has 0 fully saturated rings. The van der Waals surface area contributed by atoms with Gasteiger partial charge in [0, 0.05) is 11.1 Å². The number of rotatable bonds is 2. The van der Waals surface area contributed by atoms with Gasteiger partial charge >= 0.3 is 0 Å². The number of benzene rings is 3. The second-order valence-electron chi connectivity index (χ2n) is 6.72. The minimum atomic E-state index is -0.308. The van der Waals surface area contributed by atoms with Gasteiger partial charge in [-0.1, -0.05) is 66.7 Å². The minimum Gasteiger partial charge on any atom is -0.351 e. The Kier molecular flexibility index (Phi) is 3.95. The summed E-state index contributed by atoms with van der Waals surface area (Å²) in [6.45, 7) is 0. The van der Waals surface area contributed by atoms with E-state index in [1.807, 2.05) is 84.9 Å². The van der Waals surface area contributed by atoms with Gasteiger partial charge in [0.25, 0.3) is 5.56 Å². The molecule has 0 saturated heterocycles. The normalized spacial score (nSPS) is 15.6. The first-order valence-corrected chi connectivity index (χ1v) is 9.50. The first kappa shape index (κ1) is 16.7. The summed E-state index contributed by atoms with van der Waals surface area (Å²) < 4.78 is 1.78. The van der Waals surface area contributed by atoms with Crippen LogP contribution >= 0.6 is 12.2 Å². The molecule has 0 saturated carbocycles. The average molecular weight is 383 g/mol. The molecule has 0 bridgehead atoms. The lowest BCUT2D eigenvalue weighted by atomic mass is 9.94. The fourth-order valence-electron chi connectivity index (χ4n) is 3.85. The third-order valence-electron chi connectivity index (χ3n) is 5.07. The molecule has 4 aromatic rings. The van der Waals surface area contributed by atoms with Gasteiger partial charge in [-0.05, 0) is 36.0 Å². The summed E-state index contributed by atoms with van der Waals surface area (Å²) in [4.78, 5) is 13.8. The second kappa shape index (κ2) is 6.62. The molecule has 5 rings (SSSR count). The van der Waals surface area contributed by atoms with Gasteiger partial charge < -0.3 is 10.6 Å². The molecule has 136 valence electrons. The summed E-state index contributed by atoms with van der Waals surface area (Å²) in [7, 11) is 0. The van der Waals surface area contributed by atoms with Crippen LogP contribution in [0.2, 0.25) is 0 Å². The number of aromatic nitrogens is 1. The number of fused-ring (bicyclic) bond motifs is 3. The van der Waals surface area contributed by atoms with Gasteiger partial charge in [0.2, 0.25) is 0 Å². The summed E-state index contributed by atoms with van der Waals surface area (Å²) in [6, 6.07) is 27.3. The van der Waals surface area contributed by atoms with Gasteiger partial charge in [0.05, 0.1) is 22.8 Å². The number of pyridine rings is 1. The molecule has 2 heterocycles. The number of hydrogen-bond donors (Lipinski definition) is 2. The highest BCUT2D eigenvalue weighted by atomic mass is 32.1. The van der Waals surface area contributed by atoms with Gasteiger partial charge in [0.15, 0.2) is 5.11 Å². The van der Waals surface area contributed by atoms with Crippen LogP contribution in [0, 0.1) is 0 Å². The van der Waals surface area contributed by atoms with Crippen molar-refractivity contribution in [1.82, 2.24) is 9.88 Å². The highest BCUT2D eigenvalue weighted by Crippen LogP contribution is 2.35. The Bertz CT molecular complexity index is 1250. The van der Waals surface area contributed by atoms with E-state index in [0.717, 1.165) is 27.8 Å². The lowest BCUT2D eigenvalue weighted by molar-refractivity contribution is 0.740. The zero-order valence-electron chi connectivity index (χ0n) is 14.9. The smallest absolute Gasteiger partial charge is 0.263 e. The summed E-state index contributed by atoms with van der Waals surface area (Å²) >= 11 is 5.46. The molecule has 1 aliphatic heterocycles. The zero-order chi connectivity index (χ0) is 19.1. The van der Waals surface area contributed by atoms with E-state index >= 15 is 0 Å². The SMILES string of the molecule is O=c1c2c(c3ccccc3n1-c1ccccc1)NC(=S)NC2c1ccccc1. The average Bonchev–Trinajstić information content (AvgIpc) is 2.75. The molecule has 3 aromatic carbocycles. The number of thiocarbonyl (C=S) groups is 1. The van der Waals surface area contributed by atoms with Crippen LogP contribution < -0.4 is 16.2 Å². The summed E-state index contributed by atoms with van der Waals surface area (Å²) in [6.07, 6.45) is 0. The molecule has 1 aromatic heterocycles. The number of para-hydroxylation sites is 2. The number of nitrogens with one attached hydrogen (secondary N) is 2. The maximum absolute atomic E-state index is 13.8. The van der Waals surface area contributed by atoms with E-state index in [-0.39, 0.29) is 11.6 Å². The van der Waals surface area contributed by atoms with Gasteiger partial charge in [-0.25, -0.2) is 0 Å². The first-order chi connectivity index (χ1) is 13.7. The Morgan fingerprint density at radius 2 is 1.46 bits per heavy atom. The molecular weight excluding hydrogens is 366 g/mol. The largest absolute Gasteiger partial charge is 0.351 e. The van der Waals surface area contributed by atoms with Crippen LogP contribution in [-0.4, -0.2) is 9.68 Å². The predicted octanol–water partition coefficient (Wildman–Crippen LogP) is 4.38. The Hall–Kier alpha value is -3.44. The lowest BCUT2D eigenvalue weighted by Crippen LogP contribution is -2.42. The molecule has 4 nitrogen and oxygen atoms in total. The summed E-state index contributed by atoms with van der Waals surface area (Å²) in [5.74, 6) is 0. The van der Waals surface area contributed by atoms with E-state index in [2.05, 4.69) is 10.6 Å². The highest BCUT2D eigenvalue weighted by Gasteiger charge is 2.30. The van der Waals surface area contributed by atoms with Crippen molar-refractivity contribution in [2.75, 3.05) is 5.32 Å². The molecule has 1 unspecified atom stereocenters. The van der Waals surface area contributed by atoms with Crippen LogP contribution in [0.25, 0.3) is 16.6 Å². The molecule has 28 heavy (non-hydrogen) atoms. The molecule has 0 radical (unpaired) electrons. The van der Waals surface area contributed by atoms with Crippen LogP contribution in [-0.2, 0) is 0 Å². The van der Waals surface area contributed by atoms with Crippen molar-refractivity contribution in [3.8, 4) is 5.69 Å². The quantitative estimate of drug-likeness (QED) is 0.504. The molecule has 5 heteroatoms. The summed E-state index contributed by atoms with van der Waals surface area (Å²) in [5.41, 5.74) is 4.08. The maximum Gasteiger partial charge on any atom is 0.263 e. The van der Waals surface area contributed by atoms with E-state index in [9.17, 15) is 4.79 Å². The number of nitrogens with zero attached hydrogens (tertiary/aromatic N) is 1. The fraction of sp³-hybridized carbons (Fsp3) is 0.0435. The lowest BCUT2D eigenvalue weighted by Gasteiger charge is -2.31. The van der Waals surface area contributed by atoms with Crippen LogP contribution in [0.15, 0.2) is 89.7 Å². The Balaban J connectivity index is 1.90. The van der Waals surface area contributed by atoms with Gasteiger partial charge in [-0.3, -0.25) is 9.36 Å². The van der Waals surface area contributed by atoms with Crippen LogP contribution in [0.1, 0.15) is 17.2 Å². The van der Waals surface area contributed by atoms with Crippen LogP contribution in [0.5, 0.6) is 0 Å². The highest BCUT2D eigenvalue weighted by molar-refractivity contribution is 7.80. The standard InChI is InChI=1S/C23H17N3OS/c27-22-19-20(15-9-3-1-4-10-15)24-23(28)25-21(19)17-13-7-8-14-18(17)26(22)16-11-5-2-6-12-16/h1-14,20H,(H2,24,25,28). The molecule has 1 atom stereocenters. The fourth-order valence-corrected chi connectivity index (χ4v) is 4.07. The zero-order valence-corrected chi connectivity index (χ0v) is 15.7. The van der Waals surface area contributed by atoms with E-state index < -0.39 is 0 Å². The van der Waals surface area contributed by atoms with Crippen molar-refractivity contribution in [1.29, 1.82) is 0 Å². The minimum absolute atomic E-state index is 0.0590. The van der Waals surface area contributed by atoms with Crippen LogP contribution in [0.3, 0.4) is 0 Å². The molecule has 0 spiro atoms. The van der Waals surface area contributed by atoms with Gasteiger partial charge in [-0.15, -0.1) is 0 Å². The van der Waals surface area contributed by atoms with Crippen molar-refractivity contribution in [3.63, 3.8) is 0 Å². The molecular formula is C23H17N3OS. The van der Waals surface area contributed by atoms with Crippen LogP contribution in [0.4, 0.5) is 5.69 Å². The third kappa shape index (κ3) is 2.60. The van der Waals surface area contributed by atoms with Gasteiger partial charge in [0.1, 0.15) is 0 Å². The van der Waals surface area contributed by atoms with E-state index in [1.54, 1.807) is 4.57 Å². The van der Waals surface area contributed by atoms with E-state index in [1.165, 1.54) is 0 Å². The number of hydrogen-bond acceptors (Lipinski definition) is 2. The van der Waals surface area contributed by atoms with E-state index in [0.29, 0.717) is 10.7 Å². The molecule has 0 amide bonds. The Morgan fingerprint density at radius 1 is 0.821 bits per heavy atom. The Morgan fingerprint density at radius 3 is 2.21 bits per heavy atom. The molecule has 2 N–H and O–H groups in total. The summed E-state index contributed by atoms with van der Waals surface area (Å²) in [5, 5.41) is 7.99. The third-order valence-corrected chi connectivity index (χ3v) is 5.29. The number of anilines is 1. The Labute approximate surface area is 167 Å². The topological polar surface area (TPSA) is 46.1 Å².